The lowest BCUT2D eigenvalue weighted by Crippen LogP contribution is -2.62. The summed E-state index contributed by atoms with van der Waals surface area (Å²) in [6, 6.07) is 3.47. The normalized spacial score (nSPS) is 20.1. The van der Waals surface area contributed by atoms with E-state index in [1.165, 1.54) is 19.2 Å². The molecule has 1 amide bonds. The number of methoxy groups -OCH3 is 1. The number of nitrogens with one attached hydrogen (secondary N) is 1. The maximum Gasteiger partial charge on any atom is 0.338 e. The summed E-state index contributed by atoms with van der Waals surface area (Å²) in [4.78, 5) is 37.8. The van der Waals surface area contributed by atoms with Gasteiger partial charge in [0, 0.05) is 42.4 Å². The first-order valence-electron chi connectivity index (χ1n) is 9.89. The number of nitro benzene ring substituents is 1. The number of ether oxygens (including phenoxy) is 2. The number of hydrogen-bond acceptors (Lipinski definition) is 7. The van der Waals surface area contributed by atoms with Crippen molar-refractivity contribution in [3.8, 4) is 0 Å². The van der Waals surface area contributed by atoms with Gasteiger partial charge in [-0.15, -0.1) is 0 Å². The third-order valence-corrected chi connectivity index (χ3v) is 6.08. The van der Waals surface area contributed by atoms with E-state index in [2.05, 4.69) is 15.0 Å². The Hall–Kier alpha value is -2.52. The quantitative estimate of drug-likeness (QED) is 0.438. The number of morpholine rings is 1. The molecule has 0 bridgehead atoms. The number of amides is 1. The minimum absolute atomic E-state index is 0.0248. The summed E-state index contributed by atoms with van der Waals surface area (Å²) < 4.78 is 10.1. The summed E-state index contributed by atoms with van der Waals surface area (Å²) in [5, 5.41) is 14.3. The number of benzene rings is 1. The van der Waals surface area contributed by atoms with Crippen molar-refractivity contribution in [3.05, 3.63) is 39.4 Å². The van der Waals surface area contributed by atoms with Crippen LogP contribution in [0.25, 0.3) is 0 Å². The van der Waals surface area contributed by atoms with Crippen LogP contribution in [-0.2, 0) is 9.47 Å². The zero-order valence-electron chi connectivity index (χ0n) is 16.8. The van der Waals surface area contributed by atoms with Gasteiger partial charge in [-0.3, -0.25) is 19.8 Å². The first-order valence-corrected chi connectivity index (χ1v) is 9.89. The minimum Gasteiger partial charge on any atom is -0.465 e. The molecule has 3 rings (SSSR count). The van der Waals surface area contributed by atoms with Crippen LogP contribution in [0, 0.1) is 10.1 Å². The molecule has 0 aromatic heterocycles. The van der Waals surface area contributed by atoms with Crippen molar-refractivity contribution in [1.82, 2.24) is 10.2 Å². The highest BCUT2D eigenvalue weighted by atomic mass is 16.6. The molecule has 1 N–H and O–H groups in total. The van der Waals surface area contributed by atoms with Gasteiger partial charge in [-0.05, 0) is 25.8 Å². The molecule has 9 heteroatoms. The molecule has 1 heterocycles. The number of carbonyl (C=O) groups excluding carboxylic acids is 2. The van der Waals surface area contributed by atoms with Gasteiger partial charge >= 0.3 is 5.97 Å². The lowest BCUT2D eigenvalue weighted by molar-refractivity contribution is -0.384. The average Bonchev–Trinajstić information content (AvgIpc) is 3.24. The van der Waals surface area contributed by atoms with Crippen molar-refractivity contribution in [2.75, 3.05) is 33.4 Å². The van der Waals surface area contributed by atoms with Crippen LogP contribution >= 0.6 is 0 Å². The average molecular weight is 405 g/mol. The van der Waals surface area contributed by atoms with Gasteiger partial charge in [-0.25, -0.2) is 4.79 Å². The van der Waals surface area contributed by atoms with Crippen molar-refractivity contribution in [2.24, 2.45) is 0 Å². The third kappa shape index (κ3) is 4.40. The molecule has 1 aromatic rings. The molecule has 1 saturated heterocycles. The van der Waals surface area contributed by atoms with E-state index in [9.17, 15) is 19.7 Å². The van der Waals surface area contributed by atoms with E-state index in [1.54, 1.807) is 0 Å². The number of hydrogen-bond donors (Lipinski definition) is 1. The van der Waals surface area contributed by atoms with Crippen LogP contribution < -0.4 is 5.32 Å². The van der Waals surface area contributed by atoms with E-state index in [4.69, 9.17) is 4.74 Å². The summed E-state index contributed by atoms with van der Waals surface area (Å²) in [7, 11) is 1.19. The van der Waals surface area contributed by atoms with E-state index >= 15 is 0 Å². The maximum absolute atomic E-state index is 12.9. The Morgan fingerprint density at radius 2 is 1.83 bits per heavy atom. The molecule has 1 aliphatic heterocycles. The first-order chi connectivity index (χ1) is 13.9. The van der Waals surface area contributed by atoms with E-state index in [0.717, 1.165) is 44.8 Å². The molecule has 1 saturated carbocycles. The molecule has 2 aliphatic rings. The van der Waals surface area contributed by atoms with Crippen molar-refractivity contribution in [2.45, 2.75) is 44.2 Å². The second-order valence-corrected chi connectivity index (χ2v) is 7.62. The molecule has 9 nitrogen and oxygen atoms in total. The van der Waals surface area contributed by atoms with Crippen LogP contribution in [-0.4, -0.2) is 66.7 Å². The fourth-order valence-corrected chi connectivity index (χ4v) is 4.52. The summed E-state index contributed by atoms with van der Waals surface area (Å²) in [6.45, 7) is 4.98. The predicted octanol–water partition coefficient (Wildman–Crippen LogP) is 2.14. The largest absolute Gasteiger partial charge is 0.465 e. The summed E-state index contributed by atoms with van der Waals surface area (Å²) in [5.74, 6) is -1.16. The van der Waals surface area contributed by atoms with Gasteiger partial charge in [0.25, 0.3) is 11.6 Å². The fraction of sp³-hybridized carbons (Fsp3) is 0.600. The van der Waals surface area contributed by atoms with E-state index in [0.29, 0.717) is 13.2 Å². The Morgan fingerprint density at radius 1 is 1.21 bits per heavy atom. The Bertz CT molecular complexity index is 784. The van der Waals surface area contributed by atoms with Crippen molar-refractivity contribution in [1.29, 1.82) is 0 Å². The Morgan fingerprint density at radius 3 is 2.41 bits per heavy atom. The zero-order chi connectivity index (χ0) is 21.0. The number of rotatable bonds is 6. The highest BCUT2D eigenvalue weighted by Gasteiger charge is 2.45. The predicted molar refractivity (Wildman–Crippen MR) is 105 cm³/mol. The van der Waals surface area contributed by atoms with Crippen LogP contribution in [0.4, 0.5) is 5.69 Å². The standard InChI is InChI=1S/C20H27N3O6/c1-14(20(5-3-4-6-20)22-7-9-29-10-8-22)21-18(24)15-11-16(19(25)28-2)13-17(12-15)23(26)27/h11-14H,3-10H2,1-2H3,(H,21,24)/t14-/m1/s1. The highest BCUT2D eigenvalue weighted by Crippen LogP contribution is 2.38. The second kappa shape index (κ2) is 8.87. The molecule has 1 aliphatic carbocycles. The minimum atomic E-state index is -0.726. The highest BCUT2D eigenvalue weighted by molar-refractivity contribution is 5.99. The summed E-state index contributed by atoms with van der Waals surface area (Å²) in [5.41, 5.74) is -0.426. The summed E-state index contributed by atoms with van der Waals surface area (Å²) >= 11 is 0. The smallest absolute Gasteiger partial charge is 0.338 e. The molecule has 0 spiro atoms. The first kappa shape index (κ1) is 21.2. The number of non-ortho nitro benzene ring substituents is 1. The van der Waals surface area contributed by atoms with Gasteiger partial charge in [0.1, 0.15) is 0 Å². The molecular formula is C20H27N3O6. The van der Waals surface area contributed by atoms with Gasteiger partial charge in [-0.1, -0.05) is 12.8 Å². The van der Waals surface area contributed by atoms with E-state index in [-0.39, 0.29) is 28.4 Å². The van der Waals surface area contributed by atoms with Gasteiger partial charge in [0.05, 0.1) is 30.8 Å². The molecule has 158 valence electrons. The number of esters is 1. The lowest BCUT2D eigenvalue weighted by atomic mass is 9.86. The van der Waals surface area contributed by atoms with Crippen molar-refractivity contribution in [3.63, 3.8) is 0 Å². The molecule has 2 fully saturated rings. The maximum atomic E-state index is 12.9. The van der Waals surface area contributed by atoms with Crippen molar-refractivity contribution >= 4 is 17.6 Å². The van der Waals surface area contributed by atoms with Crippen LogP contribution in [0.2, 0.25) is 0 Å². The number of nitro groups is 1. The zero-order valence-corrected chi connectivity index (χ0v) is 16.8. The van der Waals surface area contributed by atoms with Gasteiger partial charge in [-0.2, -0.15) is 0 Å². The molecular weight excluding hydrogens is 378 g/mol. The SMILES string of the molecule is COC(=O)c1cc(C(=O)N[C@H](C)C2(N3CCOCC3)CCCC2)cc([N+](=O)[O-])c1. The lowest BCUT2D eigenvalue weighted by Gasteiger charge is -2.47. The summed E-state index contributed by atoms with van der Waals surface area (Å²) in [6.07, 6.45) is 4.16. The Balaban J connectivity index is 1.83. The topological polar surface area (TPSA) is 111 Å². The van der Waals surface area contributed by atoms with E-state index in [1.807, 2.05) is 6.92 Å². The molecule has 29 heavy (non-hydrogen) atoms. The van der Waals surface area contributed by atoms with Gasteiger partial charge in [0.2, 0.25) is 0 Å². The monoisotopic (exact) mass is 405 g/mol. The number of nitrogens with zero attached hydrogens (tertiary/aromatic N) is 2. The van der Waals surface area contributed by atoms with Crippen LogP contribution in [0.5, 0.6) is 0 Å². The van der Waals surface area contributed by atoms with Crippen LogP contribution in [0.15, 0.2) is 18.2 Å². The Labute approximate surface area is 169 Å². The van der Waals surface area contributed by atoms with Crippen molar-refractivity contribution < 1.29 is 24.0 Å². The van der Waals surface area contributed by atoms with Gasteiger partial charge < -0.3 is 14.8 Å². The van der Waals surface area contributed by atoms with Gasteiger partial charge in [0.15, 0.2) is 0 Å². The molecule has 0 unspecified atom stereocenters. The molecule has 1 aromatic carbocycles. The fourth-order valence-electron chi connectivity index (χ4n) is 4.52. The second-order valence-electron chi connectivity index (χ2n) is 7.62. The molecule has 1 atom stereocenters. The number of carbonyl (C=O) groups is 2. The molecule has 0 radical (unpaired) electrons. The third-order valence-electron chi connectivity index (χ3n) is 6.08. The Kier molecular flexibility index (Phi) is 6.49. The van der Waals surface area contributed by atoms with E-state index < -0.39 is 16.8 Å². The van der Waals surface area contributed by atoms with Crippen LogP contribution in [0.1, 0.15) is 53.3 Å². The van der Waals surface area contributed by atoms with Crippen LogP contribution in [0.3, 0.4) is 0 Å².